The van der Waals surface area contributed by atoms with Crippen molar-refractivity contribution in [2.75, 3.05) is 32.9 Å². The number of rotatable bonds is 9. The van der Waals surface area contributed by atoms with Gasteiger partial charge in [0.2, 0.25) is 0 Å². The molecule has 0 radical (unpaired) electrons. The van der Waals surface area contributed by atoms with Gasteiger partial charge in [0.1, 0.15) is 12.6 Å². The Kier molecular flexibility index (Phi) is 11.0. The van der Waals surface area contributed by atoms with Crippen LogP contribution in [0.3, 0.4) is 0 Å². The normalized spacial score (nSPS) is 16.2. The first-order valence-corrected chi connectivity index (χ1v) is 8.86. The second kappa shape index (κ2) is 12.5. The molecular weight excluding hydrogens is 370 g/mol. The Morgan fingerprint density at radius 2 is 1.79 bits per heavy atom. The molecule has 0 aliphatic carbocycles. The lowest BCUT2D eigenvalue weighted by atomic mass is 10.0. The van der Waals surface area contributed by atoms with Gasteiger partial charge in [0.05, 0.1) is 6.61 Å². The van der Waals surface area contributed by atoms with Crippen LogP contribution in [0.25, 0.3) is 0 Å². The number of hydrogen-bond acceptors (Lipinski definition) is 4. The van der Waals surface area contributed by atoms with Crippen LogP contribution in [0.15, 0.2) is 30.3 Å². The highest BCUT2D eigenvalue weighted by molar-refractivity contribution is 8.93. The quantitative estimate of drug-likeness (QED) is 0.461. The fourth-order valence-corrected chi connectivity index (χ4v) is 2.94. The van der Waals surface area contributed by atoms with Gasteiger partial charge in [-0.15, -0.1) is 17.0 Å². The Bertz CT molecular complexity index is 449. The monoisotopic (exact) mass is 399 g/mol. The maximum Gasteiger partial charge on any atom is 0.328 e. The summed E-state index contributed by atoms with van der Waals surface area (Å²) >= 11 is 0. The minimum atomic E-state index is -0.285. The van der Waals surface area contributed by atoms with Crippen LogP contribution < -0.4 is 0 Å². The molecular formula is C19H30BrNO3. The van der Waals surface area contributed by atoms with Gasteiger partial charge < -0.3 is 9.47 Å². The molecule has 1 aliphatic heterocycles. The highest BCUT2D eigenvalue weighted by Crippen LogP contribution is 2.25. The number of nitrogens with zero attached hydrogens (tertiary/aromatic N) is 1. The summed E-state index contributed by atoms with van der Waals surface area (Å²) in [6.07, 6.45) is 5.71. The van der Waals surface area contributed by atoms with Gasteiger partial charge in [-0.1, -0.05) is 50.1 Å². The lowest BCUT2D eigenvalue weighted by molar-refractivity contribution is -0.152. The van der Waals surface area contributed by atoms with E-state index in [1.54, 1.807) is 0 Å². The van der Waals surface area contributed by atoms with Crippen molar-refractivity contribution in [3.63, 3.8) is 0 Å². The maximum absolute atomic E-state index is 12.6. The van der Waals surface area contributed by atoms with E-state index in [2.05, 4.69) is 11.8 Å². The SMILES string of the molecule is Br.CCCCOCCOC(=O)[C@@H](c1ccccc1)N1CCCCC1. The highest BCUT2D eigenvalue weighted by Gasteiger charge is 2.29. The second-order valence-corrected chi connectivity index (χ2v) is 6.04. The van der Waals surface area contributed by atoms with Crippen molar-refractivity contribution in [2.24, 2.45) is 0 Å². The fourth-order valence-electron chi connectivity index (χ4n) is 2.94. The van der Waals surface area contributed by atoms with E-state index in [1.165, 1.54) is 6.42 Å². The van der Waals surface area contributed by atoms with Gasteiger partial charge in [0.25, 0.3) is 0 Å². The van der Waals surface area contributed by atoms with Gasteiger partial charge in [-0.05, 0) is 37.9 Å². The number of benzene rings is 1. The molecule has 5 heteroatoms. The third-order valence-corrected chi connectivity index (χ3v) is 4.21. The maximum atomic E-state index is 12.6. The van der Waals surface area contributed by atoms with Crippen LogP contribution in [0, 0.1) is 0 Å². The third kappa shape index (κ3) is 6.91. The van der Waals surface area contributed by atoms with Crippen molar-refractivity contribution in [3.05, 3.63) is 35.9 Å². The Morgan fingerprint density at radius 1 is 1.08 bits per heavy atom. The van der Waals surface area contributed by atoms with E-state index < -0.39 is 0 Å². The number of halogens is 1. The lowest BCUT2D eigenvalue weighted by Crippen LogP contribution is -2.39. The van der Waals surface area contributed by atoms with E-state index in [-0.39, 0.29) is 29.0 Å². The molecule has 136 valence electrons. The number of carbonyl (C=O) groups is 1. The number of esters is 1. The van der Waals surface area contributed by atoms with Crippen LogP contribution in [-0.4, -0.2) is 43.8 Å². The molecule has 1 saturated heterocycles. The lowest BCUT2D eigenvalue weighted by Gasteiger charge is -2.33. The first-order valence-electron chi connectivity index (χ1n) is 8.86. The summed E-state index contributed by atoms with van der Waals surface area (Å²) in [7, 11) is 0. The number of ether oxygens (including phenoxy) is 2. The smallest absolute Gasteiger partial charge is 0.328 e. The Hall–Kier alpha value is -0.910. The van der Waals surface area contributed by atoms with Crippen LogP contribution in [0.1, 0.15) is 50.6 Å². The zero-order valence-electron chi connectivity index (χ0n) is 14.6. The number of likely N-dealkylation sites (tertiary alicyclic amines) is 1. The standard InChI is InChI=1S/C19H29NO3.BrH/c1-2-3-14-22-15-16-23-19(21)18(17-10-6-4-7-11-17)20-12-8-5-9-13-20;/h4,6-7,10-11,18H,2-3,5,8-9,12-16H2,1H3;1H/t18-;/m1./s1. The topological polar surface area (TPSA) is 38.8 Å². The largest absolute Gasteiger partial charge is 0.462 e. The molecule has 0 amide bonds. The van der Waals surface area contributed by atoms with Gasteiger partial charge in [-0.2, -0.15) is 0 Å². The van der Waals surface area contributed by atoms with Crippen molar-refractivity contribution in [1.82, 2.24) is 4.90 Å². The third-order valence-electron chi connectivity index (χ3n) is 4.21. The minimum absolute atomic E-state index is 0. The van der Waals surface area contributed by atoms with Crippen molar-refractivity contribution >= 4 is 23.0 Å². The average molecular weight is 400 g/mol. The van der Waals surface area contributed by atoms with Gasteiger partial charge in [-0.3, -0.25) is 4.90 Å². The molecule has 2 rings (SSSR count). The number of hydrogen-bond donors (Lipinski definition) is 0. The molecule has 0 saturated carbocycles. The van der Waals surface area contributed by atoms with Crippen molar-refractivity contribution in [2.45, 2.75) is 45.1 Å². The van der Waals surface area contributed by atoms with Crippen LogP contribution >= 0.6 is 17.0 Å². The van der Waals surface area contributed by atoms with Gasteiger partial charge in [-0.25, -0.2) is 4.79 Å². The molecule has 0 spiro atoms. The highest BCUT2D eigenvalue weighted by atomic mass is 79.9. The van der Waals surface area contributed by atoms with Crippen LogP contribution in [0.2, 0.25) is 0 Å². The van der Waals surface area contributed by atoms with Crippen LogP contribution in [0.5, 0.6) is 0 Å². The molecule has 0 aromatic heterocycles. The molecule has 24 heavy (non-hydrogen) atoms. The summed E-state index contributed by atoms with van der Waals surface area (Å²) in [4.78, 5) is 14.9. The van der Waals surface area contributed by atoms with Crippen LogP contribution in [-0.2, 0) is 14.3 Å². The van der Waals surface area contributed by atoms with E-state index in [0.29, 0.717) is 13.2 Å². The zero-order valence-corrected chi connectivity index (χ0v) is 16.3. The van der Waals surface area contributed by atoms with E-state index >= 15 is 0 Å². The fraction of sp³-hybridized carbons (Fsp3) is 0.632. The summed E-state index contributed by atoms with van der Waals surface area (Å²) in [5.41, 5.74) is 1.02. The summed E-state index contributed by atoms with van der Waals surface area (Å²) in [5, 5.41) is 0. The number of carbonyl (C=O) groups excluding carboxylic acids is 1. The summed E-state index contributed by atoms with van der Waals surface area (Å²) < 4.78 is 11.0. The second-order valence-electron chi connectivity index (χ2n) is 6.04. The molecule has 1 fully saturated rings. The van der Waals surface area contributed by atoms with E-state index in [0.717, 1.165) is 50.9 Å². The van der Waals surface area contributed by atoms with Gasteiger partial charge in [0.15, 0.2) is 0 Å². The Balaban J connectivity index is 0.00000288. The number of unbranched alkanes of at least 4 members (excludes halogenated alkanes) is 1. The van der Waals surface area contributed by atoms with Crippen molar-refractivity contribution < 1.29 is 14.3 Å². The molecule has 4 nitrogen and oxygen atoms in total. The van der Waals surface area contributed by atoms with Crippen molar-refractivity contribution in [1.29, 1.82) is 0 Å². The summed E-state index contributed by atoms with van der Waals surface area (Å²) in [6, 6.07) is 9.67. The molecule has 0 unspecified atom stereocenters. The summed E-state index contributed by atoms with van der Waals surface area (Å²) in [6.45, 7) is 5.60. The van der Waals surface area contributed by atoms with E-state index in [4.69, 9.17) is 9.47 Å². The Labute approximate surface area is 156 Å². The zero-order chi connectivity index (χ0) is 16.3. The average Bonchev–Trinajstić information content (AvgIpc) is 2.60. The Morgan fingerprint density at radius 3 is 2.46 bits per heavy atom. The van der Waals surface area contributed by atoms with Gasteiger partial charge in [0, 0.05) is 6.61 Å². The molecule has 1 aliphatic rings. The van der Waals surface area contributed by atoms with E-state index in [9.17, 15) is 4.79 Å². The molecule has 0 bridgehead atoms. The molecule has 1 heterocycles. The molecule has 1 aromatic rings. The molecule has 1 aromatic carbocycles. The first kappa shape index (κ1) is 21.1. The number of piperidine rings is 1. The van der Waals surface area contributed by atoms with Crippen molar-refractivity contribution in [3.8, 4) is 0 Å². The van der Waals surface area contributed by atoms with Gasteiger partial charge >= 0.3 is 5.97 Å². The minimum Gasteiger partial charge on any atom is -0.462 e. The predicted molar refractivity (Wildman–Crippen MR) is 102 cm³/mol. The predicted octanol–water partition coefficient (Wildman–Crippen LogP) is 4.15. The molecule has 1 atom stereocenters. The first-order chi connectivity index (χ1) is 11.3. The van der Waals surface area contributed by atoms with E-state index in [1.807, 2.05) is 30.3 Å². The summed E-state index contributed by atoms with van der Waals surface area (Å²) in [5.74, 6) is -0.155. The molecule has 0 N–H and O–H groups in total. The van der Waals surface area contributed by atoms with Crippen LogP contribution in [0.4, 0.5) is 0 Å².